The minimum absolute atomic E-state index is 0.323. The molecule has 0 aliphatic heterocycles. The molecule has 1 aromatic carbocycles. The van der Waals surface area contributed by atoms with Crippen LogP contribution in [-0.2, 0) is 4.79 Å². The number of rotatable bonds is 5. The number of alkyl halides is 3. The van der Waals surface area contributed by atoms with Gasteiger partial charge in [0.05, 0.1) is 15.3 Å². The third kappa shape index (κ3) is 5.00. The number of carbonyl (C=O) groups is 1. The lowest BCUT2D eigenvalue weighted by Crippen LogP contribution is -2.22. The summed E-state index contributed by atoms with van der Waals surface area (Å²) in [5, 5.41) is 11.1. The molecule has 0 aliphatic rings. The van der Waals surface area contributed by atoms with E-state index in [9.17, 15) is 18.0 Å². The van der Waals surface area contributed by atoms with E-state index in [0.717, 1.165) is 23.9 Å². The number of thioether (sulfide) groups is 1. The zero-order valence-electron chi connectivity index (χ0n) is 14.0. The van der Waals surface area contributed by atoms with Crippen LogP contribution in [0.25, 0.3) is 5.65 Å². The lowest BCUT2D eigenvalue weighted by Gasteiger charge is -2.12. The fourth-order valence-electron chi connectivity index (χ4n) is 2.18. The maximum Gasteiger partial charge on any atom is 0.573 e. The van der Waals surface area contributed by atoms with Gasteiger partial charge in [0.1, 0.15) is 5.75 Å². The van der Waals surface area contributed by atoms with E-state index >= 15 is 0 Å². The molecule has 1 atom stereocenters. The average molecular weight is 451 g/mol. The van der Waals surface area contributed by atoms with Crippen molar-refractivity contribution in [2.24, 2.45) is 0 Å². The van der Waals surface area contributed by atoms with Crippen molar-refractivity contribution in [3.8, 4) is 5.75 Å². The van der Waals surface area contributed by atoms with Crippen LogP contribution in [0, 0.1) is 0 Å². The van der Waals surface area contributed by atoms with Gasteiger partial charge in [0.25, 0.3) is 0 Å². The topological polar surface area (TPSA) is 68.5 Å². The van der Waals surface area contributed by atoms with Crippen LogP contribution < -0.4 is 10.1 Å². The summed E-state index contributed by atoms with van der Waals surface area (Å²) in [6, 6.07) is 6.36. The first-order valence-corrected chi connectivity index (χ1v) is 9.29. The molecular formula is C16H11Cl2F3N4O2S. The van der Waals surface area contributed by atoms with Gasteiger partial charge in [-0.15, -0.1) is 23.4 Å². The number of hydrogen-bond donors (Lipinski definition) is 1. The molecule has 1 N–H and O–H groups in total. The van der Waals surface area contributed by atoms with Crippen LogP contribution in [0.3, 0.4) is 0 Å². The van der Waals surface area contributed by atoms with Gasteiger partial charge in [-0.1, -0.05) is 35.0 Å². The standard InChI is InChI=1S/C16H11Cl2F3N4O2S/c1-8(28-15-24-23-13-12(18)6-9(17)7-25(13)15)14(26)22-10-2-4-11(5-3-10)27-16(19,20)21/h2-8H,1H3,(H,22,26). The van der Waals surface area contributed by atoms with Crippen LogP contribution in [-0.4, -0.2) is 32.1 Å². The largest absolute Gasteiger partial charge is 0.573 e. The highest BCUT2D eigenvalue weighted by molar-refractivity contribution is 8.00. The minimum atomic E-state index is -4.78. The number of fused-ring (bicyclic) bond motifs is 1. The molecule has 2 heterocycles. The number of hydrogen-bond acceptors (Lipinski definition) is 5. The van der Waals surface area contributed by atoms with Gasteiger partial charge in [-0.2, -0.15) is 0 Å². The first-order chi connectivity index (χ1) is 13.1. The Labute approximate surface area is 171 Å². The number of nitrogens with one attached hydrogen (secondary N) is 1. The maximum absolute atomic E-state index is 12.4. The molecule has 0 saturated carbocycles. The lowest BCUT2D eigenvalue weighted by molar-refractivity contribution is -0.274. The highest BCUT2D eigenvalue weighted by atomic mass is 35.5. The Morgan fingerprint density at radius 1 is 1.25 bits per heavy atom. The van der Waals surface area contributed by atoms with Crippen LogP contribution in [0.2, 0.25) is 10.0 Å². The molecule has 0 aliphatic carbocycles. The zero-order chi connectivity index (χ0) is 20.5. The van der Waals surface area contributed by atoms with E-state index in [4.69, 9.17) is 23.2 Å². The van der Waals surface area contributed by atoms with Gasteiger partial charge in [-0.05, 0) is 37.3 Å². The molecule has 3 rings (SSSR count). The number of aromatic nitrogens is 3. The van der Waals surface area contributed by atoms with E-state index in [0.29, 0.717) is 26.5 Å². The molecule has 148 valence electrons. The Hall–Kier alpha value is -2.17. The summed E-state index contributed by atoms with van der Waals surface area (Å²) in [6.07, 6.45) is -3.20. The van der Waals surface area contributed by atoms with E-state index in [-0.39, 0.29) is 11.7 Å². The summed E-state index contributed by atoms with van der Waals surface area (Å²) in [5.74, 6) is -0.754. The molecule has 28 heavy (non-hydrogen) atoms. The van der Waals surface area contributed by atoms with E-state index in [2.05, 4.69) is 20.3 Å². The Bertz CT molecular complexity index is 1010. The Morgan fingerprint density at radius 3 is 2.57 bits per heavy atom. The monoisotopic (exact) mass is 450 g/mol. The van der Waals surface area contributed by atoms with Crippen LogP contribution in [0.1, 0.15) is 6.92 Å². The van der Waals surface area contributed by atoms with Crippen LogP contribution in [0.5, 0.6) is 5.75 Å². The first kappa shape index (κ1) is 20.6. The van der Waals surface area contributed by atoms with Crippen molar-refractivity contribution in [3.05, 3.63) is 46.6 Å². The van der Waals surface area contributed by atoms with Gasteiger partial charge in [-0.25, -0.2) is 0 Å². The molecule has 0 saturated heterocycles. The number of ether oxygens (including phenoxy) is 1. The Balaban J connectivity index is 1.67. The van der Waals surface area contributed by atoms with Crippen LogP contribution >= 0.6 is 35.0 Å². The second kappa shape index (κ2) is 8.06. The van der Waals surface area contributed by atoms with Gasteiger partial charge in [0.15, 0.2) is 10.8 Å². The fourth-order valence-corrected chi connectivity index (χ4v) is 3.51. The number of pyridine rings is 1. The predicted octanol–water partition coefficient (Wildman–Crippen LogP) is 5.05. The third-order valence-corrected chi connectivity index (χ3v) is 4.94. The quantitative estimate of drug-likeness (QED) is 0.550. The third-order valence-electron chi connectivity index (χ3n) is 3.40. The van der Waals surface area contributed by atoms with Crippen molar-refractivity contribution < 1.29 is 22.7 Å². The van der Waals surface area contributed by atoms with Crippen molar-refractivity contribution in [2.45, 2.75) is 23.7 Å². The van der Waals surface area contributed by atoms with Crippen LogP contribution in [0.15, 0.2) is 41.7 Å². The predicted molar refractivity (Wildman–Crippen MR) is 100 cm³/mol. The van der Waals surface area contributed by atoms with Crippen LogP contribution in [0.4, 0.5) is 18.9 Å². The molecule has 12 heteroatoms. The van der Waals surface area contributed by atoms with Crippen molar-refractivity contribution >= 4 is 52.2 Å². The molecule has 1 amide bonds. The number of anilines is 1. The van der Waals surface area contributed by atoms with Gasteiger partial charge >= 0.3 is 6.36 Å². The average Bonchev–Trinajstić information content (AvgIpc) is 2.98. The van der Waals surface area contributed by atoms with E-state index in [1.54, 1.807) is 17.5 Å². The summed E-state index contributed by atoms with van der Waals surface area (Å²) >= 11 is 13.2. The van der Waals surface area contributed by atoms with Gasteiger partial charge in [-0.3, -0.25) is 9.20 Å². The van der Waals surface area contributed by atoms with Gasteiger partial charge in [0, 0.05) is 11.9 Å². The van der Waals surface area contributed by atoms with Gasteiger partial charge < -0.3 is 10.1 Å². The first-order valence-electron chi connectivity index (χ1n) is 7.65. The smallest absolute Gasteiger partial charge is 0.406 e. The molecular weight excluding hydrogens is 440 g/mol. The van der Waals surface area contributed by atoms with E-state index in [1.807, 2.05) is 0 Å². The van der Waals surface area contributed by atoms with E-state index < -0.39 is 11.6 Å². The maximum atomic E-state index is 12.4. The second-order valence-electron chi connectivity index (χ2n) is 5.50. The molecule has 2 aromatic heterocycles. The molecule has 0 fully saturated rings. The molecule has 3 aromatic rings. The SMILES string of the molecule is CC(Sc1nnc2c(Cl)cc(Cl)cn12)C(=O)Nc1ccc(OC(F)(F)F)cc1. The molecule has 0 bridgehead atoms. The zero-order valence-corrected chi connectivity index (χ0v) is 16.3. The number of benzene rings is 1. The highest BCUT2D eigenvalue weighted by Crippen LogP contribution is 2.28. The summed E-state index contributed by atoms with van der Waals surface area (Å²) in [6.45, 7) is 1.65. The number of carbonyl (C=O) groups excluding carboxylic acids is 1. The summed E-state index contributed by atoms with van der Waals surface area (Å²) in [7, 11) is 0. The van der Waals surface area contributed by atoms with Crippen molar-refractivity contribution in [3.63, 3.8) is 0 Å². The normalized spacial score (nSPS) is 12.8. The molecule has 0 radical (unpaired) electrons. The fraction of sp³-hybridized carbons (Fsp3) is 0.188. The summed E-state index contributed by atoms with van der Waals surface area (Å²) in [4.78, 5) is 12.4. The Morgan fingerprint density at radius 2 is 1.93 bits per heavy atom. The Kier molecular flexibility index (Phi) is 5.92. The summed E-state index contributed by atoms with van der Waals surface area (Å²) in [5.41, 5.74) is 0.727. The molecule has 0 spiro atoms. The second-order valence-corrected chi connectivity index (χ2v) is 7.66. The molecule has 1 unspecified atom stereocenters. The number of nitrogens with zero attached hydrogens (tertiary/aromatic N) is 3. The van der Waals surface area contributed by atoms with Crippen molar-refractivity contribution in [2.75, 3.05) is 5.32 Å². The minimum Gasteiger partial charge on any atom is -0.406 e. The molecule has 6 nitrogen and oxygen atoms in total. The summed E-state index contributed by atoms with van der Waals surface area (Å²) < 4.78 is 41.9. The number of halogens is 5. The van der Waals surface area contributed by atoms with Crippen molar-refractivity contribution in [1.82, 2.24) is 14.6 Å². The van der Waals surface area contributed by atoms with Crippen molar-refractivity contribution in [1.29, 1.82) is 0 Å². The van der Waals surface area contributed by atoms with Gasteiger partial charge in [0.2, 0.25) is 5.91 Å². The lowest BCUT2D eigenvalue weighted by atomic mass is 10.3. The van der Waals surface area contributed by atoms with E-state index in [1.165, 1.54) is 18.2 Å². The number of amides is 1. The highest BCUT2D eigenvalue weighted by Gasteiger charge is 2.31.